The van der Waals surface area contributed by atoms with Gasteiger partial charge in [0.05, 0.1) is 12.1 Å². The van der Waals surface area contributed by atoms with Crippen molar-refractivity contribution < 1.29 is 0 Å². The Morgan fingerprint density at radius 1 is 1.03 bits per heavy atom. The topological polar surface area (TPSA) is 51.4 Å². The van der Waals surface area contributed by atoms with Crippen molar-refractivity contribution in [2.75, 3.05) is 32.7 Å². The van der Waals surface area contributed by atoms with Crippen LogP contribution in [-0.2, 0) is 13.0 Å². The Labute approximate surface area is 196 Å². The van der Waals surface area contributed by atoms with Gasteiger partial charge in [0.15, 0.2) is 5.11 Å². The van der Waals surface area contributed by atoms with Crippen molar-refractivity contribution in [3.8, 4) is 0 Å². The number of hydrogen-bond donors (Lipinski definition) is 2. The van der Waals surface area contributed by atoms with Crippen molar-refractivity contribution in [2.24, 2.45) is 0 Å². The van der Waals surface area contributed by atoms with Gasteiger partial charge in [-0.1, -0.05) is 62.4 Å². The molecule has 0 unspecified atom stereocenters. The Balaban J connectivity index is 1.74. The number of aryl methyl sites for hydroxylation is 1. The van der Waals surface area contributed by atoms with E-state index in [0.29, 0.717) is 11.7 Å². The van der Waals surface area contributed by atoms with Gasteiger partial charge in [0, 0.05) is 25.2 Å². The molecule has 0 spiro atoms. The number of H-pyrrole nitrogens is 1. The minimum absolute atomic E-state index is 0.0493. The van der Waals surface area contributed by atoms with Crippen molar-refractivity contribution >= 4 is 28.2 Å². The summed E-state index contributed by atoms with van der Waals surface area (Å²) in [7, 11) is 0. The van der Waals surface area contributed by atoms with E-state index in [1.807, 2.05) is 37.3 Å². The quantitative estimate of drug-likeness (QED) is 0.456. The number of aromatic nitrogens is 1. The number of likely N-dealkylation sites (N-methyl/N-ethyl adjacent to an activating group) is 1. The Kier molecular flexibility index (Phi) is 8.82. The number of rotatable bonds is 10. The average molecular weight is 451 g/mol. The van der Waals surface area contributed by atoms with Gasteiger partial charge in [0.2, 0.25) is 0 Å². The molecule has 2 N–H and O–H groups in total. The number of nitrogens with zero attached hydrogens (tertiary/aromatic N) is 2. The van der Waals surface area contributed by atoms with Crippen molar-refractivity contribution in [1.82, 2.24) is 20.1 Å². The van der Waals surface area contributed by atoms with E-state index in [0.717, 1.165) is 61.2 Å². The Morgan fingerprint density at radius 3 is 2.50 bits per heavy atom. The van der Waals surface area contributed by atoms with Crippen LogP contribution in [0, 0.1) is 6.92 Å². The zero-order valence-corrected chi connectivity index (χ0v) is 20.2. The van der Waals surface area contributed by atoms with Gasteiger partial charge in [0.1, 0.15) is 0 Å². The molecule has 32 heavy (non-hydrogen) atoms. The van der Waals surface area contributed by atoms with Gasteiger partial charge in [-0.2, -0.15) is 0 Å². The summed E-state index contributed by atoms with van der Waals surface area (Å²) < 4.78 is 0. The molecule has 0 saturated heterocycles. The number of hydrogen-bond acceptors (Lipinski definition) is 3. The fraction of sp³-hybridized carbons (Fsp3) is 0.385. The van der Waals surface area contributed by atoms with Crippen LogP contribution in [0.2, 0.25) is 0 Å². The third-order valence-corrected chi connectivity index (χ3v) is 6.33. The molecule has 1 heterocycles. The molecule has 1 aromatic heterocycles. The van der Waals surface area contributed by atoms with E-state index in [1.165, 1.54) is 5.56 Å². The van der Waals surface area contributed by atoms with E-state index in [-0.39, 0.29) is 5.56 Å². The molecule has 0 aliphatic carbocycles. The standard InChI is InChI=1S/C26H34N4OS/c1-4-29(5-2)16-17-30(26(32)27-15-14-21-11-7-6-8-12-21)19-23-18-22-13-9-10-20(3)24(22)28-25(23)31/h6-13,18H,4-5,14-17,19H2,1-3H3,(H,27,32)(H,28,31). The molecule has 0 aliphatic rings. The van der Waals surface area contributed by atoms with Gasteiger partial charge >= 0.3 is 0 Å². The molecule has 3 rings (SSSR count). The fourth-order valence-corrected chi connectivity index (χ4v) is 4.13. The lowest BCUT2D eigenvalue weighted by Gasteiger charge is -2.29. The number of pyridine rings is 1. The highest BCUT2D eigenvalue weighted by Gasteiger charge is 2.15. The molecule has 0 saturated carbocycles. The van der Waals surface area contributed by atoms with Gasteiger partial charge in [-0.15, -0.1) is 0 Å². The Morgan fingerprint density at radius 2 is 1.78 bits per heavy atom. The zero-order valence-electron chi connectivity index (χ0n) is 19.4. The molecular weight excluding hydrogens is 416 g/mol. The van der Waals surface area contributed by atoms with Crippen molar-refractivity contribution in [1.29, 1.82) is 0 Å². The highest BCUT2D eigenvalue weighted by Crippen LogP contribution is 2.16. The first-order chi connectivity index (χ1) is 15.5. The van der Waals surface area contributed by atoms with Crippen LogP contribution < -0.4 is 10.9 Å². The molecule has 5 nitrogen and oxygen atoms in total. The summed E-state index contributed by atoms with van der Waals surface area (Å²) in [5, 5.41) is 5.14. The van der Waals surface area contributed by atoms with Gasteiger partial charge in [-0.05, 0) is 61.2 Å². The van der Waals surface area contributed by atoms with Crippen molar-refractivity contribution in [3.05, 3.63) is 81.6 Å². The smallest absolute Gasteiger partial charge is 0.253 e. The molecule has 0 radical (unpaired) electrons. The van der Waals surface area contributed by atoms with Gasteiger partial charge in [0.25, 0.3) is 5.56 Å². The molecule has 3 aromatic rings. The van der Waals surface area contributed by atoms with Crippen LogP contribution in [-0.4, -0.2) is 52.6 Å². The van der Waals surface area contributed by atoms with E-state index in [1.54, 1.807) is 0 Å². The maximum atomic E-state index is 12.8. The first-order valence-corrected chi connectivity index (χ1v) is 11.8. The largest absolute Gasteiger partial charge is 0.362 e. The van der Waals surface area contributed by atoms with Gasteiger partial charge < -0.3 is 20.1 Å². The van der Waals surface area contributed by atoms with Gasteiger partial charge in [-0.25, -0.2) is 0 Å². The lowest BCUT2D eigenvalue weighted by Crippen LogP contribution is -2.44. The highest BCUT2D eigenvalue weighted by molar-refractivity contribution is 7.80. The monoisotopic (exact) mass is 450 g/mol. The summed E-state index contributed by atoms with van der Waals surface area (Å²) in [5.41, 5.74) is 3.93. The number of benzene rings is 2. The number of para-hydroxylation sites is 1. The van der Waals surface area contributed by atoms with E-state index in [2.05, 4.69) is 58.2 Å². The van der Waals surface area contributed by atoms with E-state index in [4.69, 9.17) is 12.2 Å². The maximum Gasteiger partial charge on any atom is 0.253 e. The Bertz CT molecular complexity index is 1080. The summed E-state index contributed by atoms with van der Waals surface area (Å²) in [4.78, 5) is 20.4. The SMILES string of the molecule is CCN(CC)CCN(Cc1cc2cccc(C)c2[nH]c1=O)C(=S)NCCc1ccccc1. The van der Waals surface area contributed by atoms with Crippen LogP contribution in [0.4, 0.5) is 0 Å². The molecule has 0 aliphatic heterocycles. The van der Waals surface area contributed by atoms with E-state index in [9.17, 15) is 4.79 Å². The summed E-state index contributed by atoms with van der Waals surface area (Å²) in [6.45, 7) is 11.3. The first-order valence-electron chi connectivity index (χ1n) is 11.4. The maximum absolute atomic E-state index is 12.8. The summed E-state index contributed by atoms with van der Waals surface area (Å²) in [6, 6.07) is 18.5. The van der Waals surface area contributed by atoms with Crippen LogP contribution >= 0.6 is 12.2 Å². The predicted octanol–water partition coefficient (Wildman–Crippen LogP) is 4.10. The fourth-order valence-electron chi connectivity index (χ4n) is 3.88. The van der Waals surface area contributed by atoms with Gasteiger partial charge in [-0.3, -0.25) is 4.79 Å². The van der Waals surface area contributed by atoms with Crippen LogP contribution in [0.1, 0.15) is 30.5 Å². The molecule has 0 atom stereocenters. The van der Waals surface area contributed by atoms with Crippen LogP contribution in [0.5, 0.6) is 0 Å². The molecule has 0 fully saturated rings. The number of fused-ring (bicyclic) bond motifs is 1. The predicted molar refractivity (Wildman–Crippen MR) is 138 cm³/mol. The lowest BCUT2D eigenvalue weighted by molar-refractivity contribution is 0.263. The van der Waals surface area contributed by atoms with Crippen LogP contribution in [0.3, 0.4) is 0 Å². The lowest BCUT2D eigenvalue weighted by atomic mass is 10.1. The molecule has 6 heteroatoms. The van der Waals surface area contributed by atoms with Crippen molar-refractivity contribution in [2.45, 2.75) is 33.7 Å². The van der Waals surface area contributed by atoms with Crippen molar-refractivity contribution in [3.63, 3.8) is 0 Å². The third-order valence-electron chi connectivity index (χ3n) is 5.93. The molecule has 170 valence electrons. The van der Waals surface area contributed by atoms with E-state index >= 15 is 0 Å². The highest BCUT2D eigenvalue weighted by atomic mass is 32.1. The van der Waals surface area contributed by atoms with Crippen LogP contribution in [0.15, 0.2) is 59.4 Å². The molecule has 0 amide bonds. The number of aromatic amines is 1. The second-order valence-corrected chi connectivity index (χ2v) is 8.47. The minimum Gasteiger partial charge on any atom is -0.362 e. The number of nitrogens with one attached hydrogen (secondary N) is 2. The second kappa shape index (κ2) is 11.8. The van der Waals surface area contributed by atoms with E-state index < -0.39 is 0 Å². The summed E-state index contributed by atoms with van der Waals surface area (Å²) >= 11 is 5.76. The number of thiocarbonyl (C=S) groups is 1. The average Bonchev–Trinajstić information content (AvgIpc) is 2.80. The molecule has 2 aromatic carbocycles. The third kappa shape index (κ3) is 6.40. The summed E-state index contributed by atoms with van der Waals surface area (Å²) in [5.74, 6) is 0. The second-order valence-electron chi connectivity index (χ2n) is 8.08. The molecular formula is C26H34N4OS. The summed E-state index contributed by atoms with van der Waals surface area (Å²) in [6.07, 6.45) is 0.903. The van der Waals surface area contributed by atoms with Crippen LogP contribution in [0.25, 0.3) is 10.9 Å². The Hall–Kier alpha value is -2.70. The first kappa shape index (κ1) is 24.0. The normalized spacial score (nSPS) is 11.1. The molecule has 0 bridgehead atoms. The minimum atomic E-state index is -0.0493. The zero-order chi connectivity index (χ0) is 22.9.